The number of carbonyl (C=O) groups excluding carboxylic acids is 1. The zero-order valence-corrected chi connectivity index (χ0v) is 8.30. The third-order valence-corrected chi connectivity index (χ3v) is 2.34. The molecule has 0 saturated heterocycles. The van der Waals surface area contributed by atoms with Gasteiger partial charge in [0.15, 0.2) is 0 Å². The number of nitrogens with zero attached hydrogens (tertiary/aromatic N) is 1. The molecule has 3 unspecified atom stereocenters. The van der Waals surface area contributed by atoms with Gasteiger partial charge in [0.1, 0.15) is 0 Å². The summed E-state index contributed by atoms with van der Waals surface area (Å²) in [6, 6.07) is 0. The lowest BCUT2D eigenvalue weighted by Gasteiger charge is -2.18. The van der Waals surface area contributed by atoms with Crippen LogP contribution in [0.1, 0.15) is 13.3 Å². The van der Waals surface area contributed by atoms with Crippen molar-refractivity contribution in [2.45, 2.75) is 19.4 Å². The van der Waals surface area contributed by atoms with E-state index in [9.17, 15) is 9.59 Å². The van der Waals surface area contributed by atoms with E-state index >= 15 is 0 Å². The summed E-state index contributed by atoms with van der Waals surface area (Å²) in [7, 11) is 1.58. The van der Waals surface area contributed by atoms with Crippen molar-refractivity contribution >= 4 is 11.9 Å². The van der Waals surface area contributed by atoms with Crippen LogP contribution in [0.5, 0.6) is 0 Å². The van der Waals surface area contributed by atoms with Crippen LogP contribution < -0.4 is 0 Å². The van der Waals surface area contributed by atoms with Crippen molar-refractivity contribution in [3.63, 3.8) is 0 Å². The number of carboxylic acid groups (broad SMARTS) is 1. The van der Waals surface area contributed by atoms with Crippen molar-refractivity contribution in [2.75, 3.05) is 13.6 Å². The zero-order chi connectivity index (χ0) is 10.9. The number of rotatable bonds is 4. The van der Waals surface area contributed by atoms with E-state index in [1.54, 1.807) is 14.0 Å². The summed E-state index contributed by atoms with van der Waals surface area (Å²) >= 11 is 0. The minimum Gasteiger partial charge on any atom is -0.481 e. The van der Waals surface area contributed by atoms with Crippen molar-refractivity contribution in [1.82, 2.24) is 4.90 Å². The van der Waals surface area contributed by atoms with E-state index in [1.165, 1.54) is 4.90 Å². The first kappa shape index (κ1) is 11.0. The van der Waals surface area contributed by atoms with Crippen LogP contribution in [0.3, 0.4) is 0 Å². The van der Waals surface area contributed by atoms with E-state index in [0.29, 0.717) is 6.42 Å². The fraction of sp³-hybridized carbons (Fsp3) is 0.778. The van der Waals surface area contributed by atoms with Crippen molar-refractivity contribution in [2.24, 2.45) is 11.8 Å². The minimum atomic E-state index is -0.909. The Labute approximate surface area is 82.3 Å². The van der Waals surface area contributed by atoms with Crippen LogP contribution in [0.15, 0.2) is 0 Å². The molecule has 1 amide bonds. The molecule has 1 rings (SSSR count). The summed E-state index contributed by atoms with van der Waals surface area (Å²) < 4.78 is 0. The Morgan fingerprint density at radius 2 is 2.07 bits per heavy atom. The largest absolute Gasteiger partial charge is 0.481 e. The summed E-state index contributed by atoms with van der Waals surface area (Å²) in [6.07, 6.45) is -0.149. The van der Waals surface area contributed by atoms with Gasteiger partial charge in [0.25, 0.3) is 0 Å². The molecule has 2 N–H and O–H groups in total. The molecule has 0 heterocycles. The normalized spacial score (nSPS) is 26.8. The Balaban J connectivity index is 2.40. The van der Waals surface area contributed by atoms with Gasteiger partial charge in [-0.15, -0.1) is 0 Å². The molecule has 0 spiro atoms. The van der Waals surface area contributed by atoms with Gasteiger partial charge in [0.2, 0.25) is 5.91 Å². The highest BCUT2D eigenvalue weighted by Crippen LogP contribution is 2.39. The van der Waals surface area contributed by atoms with Gasteiger partial charge in [-0.2, -0.15) is 0 Å². The molecule has 0 radical (unpaired) electrons. The van der Waals surface area contributed by atoms with Gasteiger partial charge >= 0.3 is 5.97 Å². The van der Waals surface area contributed by atoms with E-state index in [1.807, 2.05) is 0 Å². The Kier molecular flexibility index (Phi) is 3.10. The average Bonchev–Trinajstić information content (AvgIpc) is 2.80. The van der Waals surface area contributed by atoms with Crippen molar-refractivity contribution < 1.29 is 19.8 Å². The molecule has 0 aromatic rings. The van der Waals surface area contributed by atoms with Gasteiger partial charge in [0, 0.05) is 13.6 Å². The summed E-state index contributed by atoms with van der Waals surface area (Å²) in [4.78, 5) is 23.4. The highest BCUT2D eigenvalue weighted by Gasteiger charge is 2.49. The first-order chi connectivity index (χ1) is 6.43. The molecule has 5 heteroatoms. The Morgan fingerprint density at radius 1 is 1.50 bits per heavy atom. The van der Waals surface area contributed by atoms with Crippen LogP contribution in [0.4, 0.5) is 0 Å². The van der Waals surface area contributed by atoms with Gasteiger partial charge < -0.3 is 15.1 Å². The summed E-state index contributed by atoms with van der Waals surface area (Å²) in [5.41, 5.74) is 0. The number of carbonyl (C=O) groups is 2. The van der Waals surface area contributed by atoms with E-state index < -0.39 is 18.0 Å². The fourth-order valence-electron chi connectivity index (χ4n) is 1.51. The molecule has 1 fully saturated rings. The smallest absolute Gasteiger partial charge is 0.307 e. The molecule has 0 bridgehead atoms. The van der Waals surface area contributed by atoms with Crippen LogP contribution >= 0.6 is 0 Å². The second-order valence-electron chi connectivity index (χ2n) is 3.85. The van der Waals surface area contributed by atoms with Crippen LogP contribution in [-0.2, 0) is 9.59 Å². The Morgan fingerprint density at radius 3 is 2.43 bits per heavy atom. The molecule has 80 valence electrons. The Hall–Kier alpha value is -1.10. The van der Waals surface area contributed by atoms with Crippen molar-refractivity contribution in [3.8, 4) is 0 Å². The van der Waals surface area contributed by atoms with Crippen LogP contribution in [-0.4, -0.2) is 46.7 Å². The number of carboxylic acids is 1. The van der Waals surface area contributed by atoms with Crippen molar-refractivity contribution in [3.05, 3.63) is 0 Å². The lowest BCUT2D eigenvalue weighted by molar-refractivity contribution is -0.141. The number of likely N-dealkylation sites (N-methyl/N-ethyl adjacent to an activating group) is 1. The number of aliphatic hydroxyl groups is 1. The van der Waals surface area contributed by atoms with Gasteiger partial charge in [-0.1, -0.05) is 0 Å². The van der Waals surface area contributed by atoms with E-state index in [4.69, 9.17) is 10.2 Å². The molecule has 14 heavy (non-hydrogen) atoms. The van der Waals surface area contributed by atoms with Crippen molar-refractivity contribution in [1.29, 1.82) is 0 Å². The summed E-state index contributed by atoms with van der Waals surface area (Å²) in [5, 5.41) is 17.7. The maximum Gasteiger partial charge on any atom is 0.307 e. The molecule has 1 aliphatic rings. The van der Waals surface area contributed by atoms with Gasteiger partial charge in [-0.25, -0.2) is 0 Å². The summed E-state index contributed by atoms with van der Waals surface area (Å²) in [6.45, 7) is 1.84. The number of amides is 1. The predicted octanol–water partition coefficient (Wildman–Crippen LogP) is -0.454. The third kappa shape index (κ3) is 2.45. The zero-order valence-electron chi connectivity index (χ0n) is 8.30. The number of aliphatic carboxylic acids is 1. The highest BCUT2D eigenvalue weighted by atomic mass is 16.4. The first-order valence-electron chi connectivity index (χ1n) is 4.59. The predicted molar refractivity (Wildman–Crippen MR) is 48.6 cm³/mol. The molecule has 3 atom stereocenters. The average molecular weight is 201 g/mol. The molecular formula is C9H15NO4. The SMILES string of the molecule is CC(O)CN(C)C(=O)C1CC1C(=O)O. The molecular weight excluding hydrogens is 186 g/mol. The molecule has 1 aliphatic carbocycles. The van der Waals surface area contributed by atoms with Crippen LogP contribution in [0.2, 0.25) is 0 Å². The quantitative estimate of drug-likeness (QED) is 0.645. The van der Waals surface area contributed by atoms with Crippen LogP contribution in [0.25, 0.3) is 0 Å². The molecule has 5 nitrogen and oxygen atoms in total. The van der Waals surface area contributed by atoms with Crippen LogP contribution in [0, 0.1) is 11.8 Å². The number of hydrogen-bond acceptors (Lipinski definition) is 3. The lowest BCUT2D eigenvalue weighted by Crippen LogP contribution is -2.34. The molecule has 0 aromatic heterocycles. The molecule has 1 saturated carbocycles. The maximum absolute atomic E-state index is 11.5. The summed E-state index contributed by atoms with van der Waals surface area (Å²) in [5.74, 6) is -1.98. The van der Waals surface area contributed by atoms with Gasteiger partial charge in [-0.05, 0) is 13.3 Å². The van der Waals surface area contributed by atoms with Gasteiger partial charge in [0.05, 0.1) is 17.9 Å². The fourth-order valence-corrected chi connectivity index (χ4v) is 1.51. The number of hydrogen-bond donors (Lipinski definition) is 2. The topological polar surface area (TPSA) is 77.8 Å². The molecule has 0 aliphatic heterocycles. The van der Waals surface area contributed by atoms with E-state index in [-0.39, 0.29) is 18.4 Å². The Bertz CT molecular complexity index is 251. The second kappa shape index (κ2) is 3.96. The third-order valence-electron chi connectivity index (χ3n) is 2.34. The van der Waals surface area contributed by atoms with E-state index in [0.717, 1.165) is 0 Å². The van der Waals surface area contributed by atoms with E-state index in [2.05, 4.69) is 0 Å². The first-order valence-corrected chi connectivity index (χ1v) is 4.59. The number of aliphatic hydroxyl groups excluding tert-OH is 1. The standard InChI is InChI=1S/C9H15NO4/c1-5(11)4-10(2)8(12)6-3-7(6)9(13)14/h5-7,11H,3-4H2,1-2H3,(H,13,14). The van der Waals surface area contributed by atoms with Gasteiger partial charge in [-0.3, -0.25) is 9.59 Å². The second-order valence-corrected chi connectivity index (χ2v) is 3.85. The minimum absolute atomic E-state index is 0.182. The lowest BCUT2D eigenvalue weighted by atomic mass is 10.2. The monoisotopic (exact) mass is 201 g/mol. The maximum atomic E-state index is 11.5. The highest BCUT2D eigenvalue weighted by molar-refractivity contribution is 5.89. The molecule has 0 aromatic carbocycles.